The Morgan fingerprint density at radius 1 is 1.30 bits per heavy atom. The lowest BCUT2D eigenvalue weighted by atomic mass is 10.2. The Balaban J connectivity index is 1.62. The molecule has 0 saturated carbocycles. The fourth-order valence-electron chi connectivity index (χ4n) is 2.30. The van der Waals surface area contributed by atoms with Crippen molar-refractivity contribution in [3.8, 4) is 11.5 Å². The predicted octanol–water partition coefficient (Wildman–Crippen LogP) is 4.17. The molecule has 1 aliphatic rings. The fourth-order valence-corrected chi connectivity index (χ4v) is 3.31. The van der Waals surface area contributed by atoms with Crippen molar-refractivity contribution in [3.05, 3.63) is 36.5 Å². The quantitative estimate of drug-likeness (QED) is 0.725. The Kier molecular flexibility index (Phi) is 3.09. The number of para-hydroxylation sites is 1. The molecule has 120 valence electrons. The molecule has 1 atom stereocenters. The largest absolute Gasteiger partial charge is 0.454 e. The average Bonchev–Trinajstić information content (AvgIpc) is 3.18. The summed E-state index contributed by atoms with van der Waals surface area (Å²) < 4.78 is 58.4. The topological polar surface area (TPSA) is 43.0 Å². The summed E-state index contributed by atoms with van der Waals surface area (Å²) >= 11 is 0.563. The lowest BCUT2D eigenvalue weighted by molar-refractivity contribution is -0.124. The van der Waals surface area contributed by atoms with E-state index >= 15 is 0 Å². The van der Waals surface area contributed by atoms with Crippen molar-refractivity contribution < 1.29 is 22.0 Å². The number of aromatic nitrogens is 2. The first-order chi connectivity index (χ1) is 10.9. The van der Waals surface area contributed by atoms with Crippen LogP contribution in [0.1, 0.15) is 0 Å². The van der Waals surface area contributed by atoms with Crippen LogP contribution in [0.25, 0.3) is 22.4 Å². The van der Waals surface area contributed by atoms with E-state index in [2.05, 4.69) is 10.4 Å². The van der Waals surface area contributed by atoms with Gasteiger partial charge in [-0.05, 0) is 12.1 Å². The van der Waals surface area contributed by atoms with Gasteiger partial charge >= 0.3 is 12.3 Å². The average molecular weight is 343 g/mol. The van der Waals surface area contributed by atoms with Crippen LogP contribution in [-0.4, -0.2) is 27.4 Å². The van der Waals surface area contributed by atoms with Crippen molar-refractivity contribution in [2.45, 2.75) is 22.9 Å². The minimum Gasteiger partial charge on any atom is -0.454 e. The molecule has 0 bridgehead atoms. The van der Waals surface area contributed by atoms with Crippen LogP contribution in [0.4, 0.5) is 17.6 Å². The van der Waals surface area contributed by atoms with Crippen molar-refractivity contribution in [2.75, 3.05) is 5.43 Å². The minimum absolute atomic E-state index is 0.186. The molecule has 23 heavy (non-hydrogen) atoms. The van der Waals surface area contributed by atoms with E-state index < -0.39 is 17.7 Å². The Labute approximate surface area is 131 Å². The van der Waals surface area contributed by atoms with E-state index in [1.165, 1.54) is 10.9 Å². The van der Waals surface area contributed by atoms with Gasteiger partial charge in [-0.1, -0.05) is 30.0 Å². The standard InChI is InChI=1S/C14H9F4N3OS/c15-11(16)14(17,18)12-20-21-6-8(19-13(21)23-12)10-5-7-3-1-2-4-9(7)22-10/h1-6,11-12,20H. The number of nitrogens with zero attached hydrogens (tertiary/aromatic N) is 2. The van der Waals surface area contributed by atoms with E-state index in [-0.39, 0.29) is 5.16 Å². The third-order valence-corrected chi connectivity index (χ3v) is 4.63. The van der Waals surface area contributed by atoms with E-state index in [1.54, 1.807) is 12.1 Å². The molecule has 0 radical (unpaired) electrons. The summed E-state index contributed by atoms with van der Waals surface area (Å²) in [4.78, 5) is 4.17. The summed E-state index contributed by atoms with van der Waals surface area (Å²) in [5, 5.41) is -0.682. The van der Waals surface area contributed by atoms with Crippen molar-refractivity contribution in [1.82, 2.24) is 9.66 Å². The molecule has 0 amide bonds. The maximum absolute atomic E-state index is 13.4. The van der Waals surface area contributed by atoms with Crippen LogP contribution in [0.5, 0.6) is 0 Å². The molecule has 3 heterocycles. The summed E-state index contributed by atoms with van der Waals surface area (Å²) in [5.74, 6) is -3.67. The summed E-state index contributed by atoms with van der Waals surface area (Å²) in [6.07, 6.45) is -2.30. The number of halogens is 4. The summed E-state index contributed by atoms with van der Waals surface area (Å²) in [5.41, 5.74) is 3.44. The van der Waals surface area contributed by atoms with Gasteiger partial charge in [-0.25, -0.2) is 18.4 Å². The molecule has 0 aliphatic carbocycles. The van der Waals surface area contributed by atoms with Crippen molar-refractivity contribution in [1.29, 1.82) is 0 Å². The second-order valence-electron chi connectivity index (χ2n) is 5.03. The highest BCUT2D eigenvalue weighted by Gasteiger charge is 2.52. The molecule has 1 aromatic carbocycles. The maximum Gasteiger partial charge on any atom is 0.338 e. The van der Waals surface area contributed by atoms with E-state index in [0.29, 0.717) is 28.8 Å². The Morgan fingerprint density at radius 2 is 2.09 bits per heavy atom. The highest BCUT2D eigenvalue weighted by atomic mass is 32.2. The van der Waals surface area contributed by atoms with E-state index in [1.807, 2.05) is 18.2 Å². The van der Waals surface area contributed by atoms with Crippen LogP contribution in [-0.2, 0) is 0 Å². The number of furan rings is 1. The lowest BCUT2D eigenvalue weighted by Gasteiger charge is -2.21. The molecule has 1 unspecified atom stereocenters. The number of hydrogen-bond donors (Lipinski definition) is 1. The number of thioether (sulfide) groups is 1. The minimum atomic E-state index is -4.15. The van der Waals surface area contributed by atoms with Crippen LogP contribution in [0.3, 0.4) is 0 Å². The lowest BCUT2D eigenvalue weighted by Crippen LogP contribution is -2.43. The van der Waals surface area contributed by atoms with Crippen LogP contribution < -0.4 is 5.43 Å². The molecule has 3 aromatic rings. The highest BCUT2D eigenvalue weighted by Crippen LogP contribution is 2.41. The summed E-state index contributed by atoms with van der Waals surface area (Å²) in [6.45, 7) is 0. The van der Waals surface area contributed by atoms with Gasteiger partial charge in [0.2, 0.25) is 0 Å². The molecule has 0 fully saturated rings. The van der Waals surface area contributed by atoms with E-state index in [9.17, 15) is 17.6 Å². The number of imidazole rings is 1. The first-order valence-electron chi connectivity index (χ1n) is 6.62. The summed E-state index contributed by atoms with van der Waals surface area (Å²) in [6, 6.07) is 9.15. The fraction of sp³-hybridized carbons (Fsp3) is 0.214. The molecule has 2 aromatic heterocycles. The zero-order valence-corrected chi connectivity index (χ0v) is 12.2. The molecule has 0 spiro atoms. The van der Waals surface area contributed by atoms with Crippen LogP contribution in [0.15, 0.2) is 46.1 Å². The second-order valence-corrected chi connectivity index (χ2v) is 6.10. The van der Waals surface area contributed by atoms with Gasteiger partial charge in [-0.2, -0.15) is 8.78 Å². The molecule has 1 N–H and O–H groups in total. The van der Waals surface area contributed by atoms with Crippen molar-refractivity contribution in [3.63, 3.8) is 0 Å². The van der Waals surface area contributed by atoms with Gasteiger partial charge in [0.15, 0.2) is 16.3 Å². The number of nitrogens with one attached hydrogen (secondary N) is 1. The highest BCUT2D eigenvalue weighted by molar-refractivity contribution is 8.00. The van der Waals surface area contributed by atoms with Crippen molar-refractivity contribution in [2.24, 2.45) is 0 Å². The van der Waals surface area contributed by atoms with Gasteiger partial charge in [-0.3, -0.25) is 0 Å². The van der Waals surface area contributed by atoms with E-state index in [4.69, 9.17) is 4.42 Å². The first-order valence-corrected chi connectivity index (χ1v) is 7.50. The molecule has 4 rings (SSSR count). The monoisotopic (exact) mass is 343 g/mol. The van der Waals surface area contributed by atoms with Crippen LogP contribution in [0, 0.1) is 0 Å². The van der Waals surface area contributed by atoms with Crippen LogP contribution in [0.2, 0.25) is 0 Å². The Morgan fingerprint density at radius 3 is 2.78 bits per heavy atom. The normalized spacial score (nSPS) is 17.7. The van der Waals surface area contributed by atoms with Gasteiger partial charge in [-0.15, -0.1) is 0 Å². The molecular weight excluding hydrogens is 334 g/mol. The number of fused-ring (bicyclic) bond motifs is 2. The number of rotatable bonds is 3. The molecule has 4 nitrogen and oxygen atoms in total. The van der Waals surface area contributed by atoms with Gasteiger partial charge < -0.3 is 9.84 Å². The predicted molar refractivity (Wildman–Crippen MR) is 77.4 cm³/mol. The number of hydrogen-bond acceptors (Lipinski definition) is 4. The van der Waals surface area contributed by atoms with Gasteiger partial charge in [0.05, 0.1) is 6.20 Å². The molecular formula is C14H9F4N3OS. The number of benzene rings is 1. The number of alkyl halides is 4. The zero-order valence-electron chi connectivity index (χ0n) is 11.3. The SMILES string of the molecule is FC(F)C(F)(F)C1Nn2cc(-c3cc4ccccc4o3)nc2S1. The Bertz CT molecular complexity index is 819. The third-order valence-electron chi connectivity index (χ3n) is 3.47. The third kappa shape index (κ3) is 2.26. The van der Waals surface area contributed by atoms with E-state index in [0.717, 1.165) is 5.39 Å². The Hall–Kier alpha value is -2.16. The maximum atomic E-state index is 13.4. The first kappa shape index (κ1) is 14.4. The molecule has 1 aliphatic heterocycles. The van der Waals surface area contributed by atoms with Crippen LogP contribution >= 0.6 is 11.8 Å². The van der Waals surface area contributed by atoms with Crippen molar-refractivity contribution >= 4 is 22.7 Å². The second kappa shape index (κ2) is 4.92. The molecule has 0 saturated heterocycles. The van der Waals surface area contributed by atoms with Gasteiger partial charge in [0.1, 0.15) is 11.3 Å². The molecule has 9 heteroatoms. The summed E-state index contributed by atoms with van der Waals surface area (Å²) in [7, 11) is 0. The smallest absolute Gasteiger partial charge is 0.338 e. The van der Waals surface area contributed by atoms with Gasteiger partial charge in [0, 0.05) is 5.39 Å². The van der Waals surface area contributed by atoms with Gasteiger partial charge in [0.25, 0.3) is 0 Å². The zero-order chi connectivity index (χ0) is 16.2.